The zero-order chi connectivity index (χ0) is 16.7. The fourth-order valence-electron chi connectivity index (χ4n) is 2.31. The lowest BCUT2D eigenvalue weighted by atomic mass is 10.2. The number of carbonyl (C=O) groups excluding carboxylic acids is 1. The summed E-state index contributed by atoms with van der Waals surface area (Å²) in [6.07, 6.45) is 0. The molecule has 7 heteroatoms. The molecule has 116 valence electrons. The molecule has 0 atom stereocenters. The van der Waals surface area contributed by atoms with E-state index in [0.717, 1.165) is 5.56 Å². The third kappa shape index (κ3) is 2.83. The Morgan fingerprint density at radius 3 is 2.09 bits per heavy atom. The van der Waals surface area contributed by atoms with Crippen molar-refractivity contribution < 1.29 is 4.79 Å². The van der Waals surface area contributed by atoms with Gasteiger partial charge in [0.25, 0.3) is 0 Å². The predicted octanol–water partition coefficient (Wildman–Crippen LogP) is 5.05. The minimum atomic E-state index is -0.429. The summed E-state index contributed by atoms with van der Waals surface area (Å²) in [5.41, 5.74) is 2.09. The van der Waals surface area contributed by atoms with Gasteiger partial charge in [-0.3, -0.25) is 5.41 Å². The molecule has 0 aromatic heterocycles. The Hall–Kier alpha value is -1.95. The Kier molecular flexibility index (Phi) is 4.10. The summed E-state index contributed by atoms with van der Waals surface area (Å²) < 4.78 is 0. The number of amides is 2. The van der Waals surface area contributed by atoms with E-state index in [0.29, 0.717) is 21.4 Å². The number of halogens is 2. The molecule has 0 bridgehead atoms. The summed E-state index contributed by atoms with van der Waals surface area (Å²) >= 11 is 17.3. The molecule has 3 rings (SSSR count). The number of anilines is 2. The van der Waals surface area contributed by atoms with Crippen molar-refractivity contribution in [1.29, 1.82) is 5.41 Å². The Labute approximate surface area is 148 Å². The van der Waals surface area contributed by atoms with Gasteiger partial charge in [-0.2, -0.15) is 0 Å². The van der Waals surface area contributed by atoms with E-state index in [-0.39, 0.29) is 10.8 Å². The number of hydrogen-bond acceptors (Lipinski definition) is 3. The predicted molar refractivity (Wildman–Crippen MR) is 98.3 cm³/mol. The molecule has 1 fully saturated rings. The first kappa shape index (κ1) is 15.9. The van der Waals surface area contributed by atoms with Crippen molar-refractivity contribution in [2.45, 2.75) is 6.92 Å². The zero-order valence-corrected chi connectivity index (χ0v) is 14.3. The molecule has 1 aliphatic heterocycles. The average Bonchev–Trinajstić information content (AvgIpc) is 2.69. The number of amidine groups is 1. The lowest BCUT2D eigenvalue weighted by Crippen LogP contribution is -2.33. The van der Waals surface area contributed by atoms with Crippen LogP contribution in [0.3, 0.4) is 0 Å². The molecular formula is C16H11Cl2N3OS. The summed E-state index contributed by atoms with van der Waals surface area (Å²) in [6.45, 7) is 1.95. The van der Waals surface area contributed by atoms with E-state index < -0.39 is 6.03 Å². The Bertz CT molecular complexity index is 815. The first-order valence-corrected chi connectivity index (χ1v) is 7.85. The third-order valence-electron chi connectivity index (χ3n) is 3.41. The van der Waals surface area contributed by atoms with Gasteiger partial charge in [-0.15, -0.1) is 0 Å². The van der Waals surface area contributed by atoms with E-state index in [1.807, 2.05) is 19.1 Å². The second-order valence-electron chi connectivity index (χ2n) is 5.07. The van der Waals surface area contributed by atoms with Crippen molar-refractivity contribution in [2.24, 2.45) is 0 Å². The molecule has 1 N–H and O–H groups in total. The van der Waals surface area contributed by atoms with Crippen molar-refractivity contribution in [1.82, 2.24) is 0 Å². The molecule has 1 heterocycles. The van der Waals surface area contributed by atoms with Crippen LogP contribution >= 0.6 is 35.4 Å². The van der Waals surface area contributed by atoms with Crippen LogP contribution in [0.5, 0.6) is 0 Å². The molecule has 0 saturated carbocycles. The second-order valence-corrected chi connectivity index (χ2v) is 6.33. The molecule has 2 aromatic carbocycles. The normalized spacial score (nSPS) is 14.8. The van der Waals surface area contributed by atoms with Crippen LogP contribution in [0.2, 0.25) is 10.0 Å². The number of thiocarbonyl (C=S) groups is 1. The van der Waals surface area contributed by atoms with Crippen LogP contribution in [0.1, 0.15) is 5.56 Å². The number of aryl methyl sites for hydroxylation is 1. The van der Waals surface area contributed by atoms with Crippen molar-refractivity contribution >= 4 is 63.6 Å². The van der Waals surface area contributed by atoms with Crippen LogP contribution in [-0.2, 0) is 0 Å². The van der Waals surface area contributed by atoms with Gasteiger partial charge in [0.2, 0.25) is 0 Å². The Balaban J connectivity index is 2.04. The van der Waals surface area contributed by atoms with E-state index in [1.165, 1.54) is 9.80 Å². The van der Waals surface area contributed by atoms with Crippen molar-refractivity contribution in [3.05, 3.63) is 58.1 Å². The molecule has 0 aliphatic carbocycles. The van der Waals surface area contributed by atoms with Gasteiger partial charge in [-0.25, -0.2) is 14.6 Å². The highest BCUT2D eigenvalue weighted by Gasteiger charge is 2.40. The van der Waals surface area contributed by atoms with Crippen LogP contribution in [0.15, 0.2) is 42.5 Å². The van der Waals surface area contributed by atoms with Crippen LogP contribution in [0.25, 0.3) is 0 Å². The molecule has 1 aliphatic rings. The van der Waals surface area contributed by atoms with Crippen molar-refractivity contribution in [2.75, 3.05) is 9.80 Å². The third-order valence-corrected chi connectivity index (χ3v) is 4.22. The van der Waals surface area contributed by atoms with E-state index in [4.69, 9.17) is 40.8 Å². The lowest BCUT2D eigenvalue weighted by molar-refractivity contribution is 0.257. The Morgan fingerprint density at radius 1 is 0.957 bits per heavy atom. The maximum atomic E-state index is 12.8. The van der Waals surface area contributed by atoms with Crippen molar-refractivity contribution in [3.8, 4) is 0 Å². The van der Waals surface area contributed by atoms with Gasteiger partial charge in [-0.1, -0.05) is 53.1 Å². The van der Waals surface area contributed by atoms with Crippen molar-refractivity contribution in [3.63, 3.8) is 0 Å². The van der Waals surface area contributed by atoms with Gasteiger partial charge in [-0.05, 0) is 37.3 Å². The molecule has 4 nitrogen and oxygen atoms in total. The summed E-state index contributed by atoms with van der Waals surface area (Å²) in [5, 5.41) is 8.96. The molecule has 23 heavy (non-hydrogen) atoms. The first-order valence-electron chi connectivity index (χ1n) is 6.68. The Morgan fingerprint density at radius 2 is 1.52 bits per heavy atom. The second kappa shape index (κ2) is 5.92. The fraction of sp³-hybridized carbons (Fsp3) is 0.0625. The van der Waals surface area contributed by atoms with E-state index in [1.54, 1.807) is 30.3 Å². The standard InChI is InChI=1S/C16H11Cl2N3OS/c1-9-2-4-12(5-3-9)20-14(19)15(23)21(16(20)22)13-7-10(17)6-11(18)8-13/h2-8,19H,1H3. The number of rotatable bonds is 2. The lowest BCUT2D eigenvalue weighted by Gasteiger charge is -2.17. The van der Waals surface area contributed by atoms with Crippen LogP contribution < -0.4 is 9.80 Å². The molecule has 0 unspecified atom stereocenters. The number of carbonyl (C=O) groups is 1. The minimum absolute atomic E-state index is 0.0510. The molecular weight excluding hydrogens is 353 g/mol. The first-order chi connectivity index (χ1) is 10.9. The molecule has 1 saturated heterocycles. The SMILES string of the molecule is Cc1ccc(N2C(=N)C(=S)N(c3cc(Cl)cc(Cl)c3)C2=O)cc1. The summed E-state index contributed by atoms with van der Waals surface area (Å²) in [7, 11) is 0. The highest BCUT2D eigenvalue weighted by molar-refractivity contribution is 7.82. The van der Waals surface area contributed by atoms with Gasteiger partial charge < -0.3 is 0 Å². The van der Waals surface area contributed by atoms with Gasteiger partial charge >= 0.3 is 6.03 Å². The minimum Gasteiger partial charge on any atom is -0.281 e. The zero-order valence-electron chi connectivity index (χ0n) is 12.0. The van der Waals surface area contributed by atoms with Crippen LogP contribution in [-0.4, -0.2) is 16.9 Å². The number of nitrogens with one attached hydrogen (secondary N) is 1. The monoisotopic (exact) mass is 363 g/mol. The largest absolute Gasteiger partial charge is 0.340 e. The van der Waals surface area contributed by atoms with Gasteiger partial charge in [0.05, 0.1) is 11.4 Å². The number of urea groups is 1. The van der Waals surface area contributed by atoms with E-state index in [9.17, 15) is 4.79 Å². The molecule has 2 aromatic rings. The van der Waals surface area contributed by atoms with E-state index >= 15 is 0 Å². The summed E-state index contributed by atoms with van der Waals surface area (Å²) in [4.78, 5) is 15.4. The smallest absolute Gasteiger partial charge is 0.281 e. The quantitative estimate of drug-likeness (QED) is 0.758. The number of benzene rings is 2. The van der Waals surface area contributed by atoms with E-state index in [2.05, 4.69) is 0 Å². The maximum Gasteiger partial charge on any atom is 0.340 e. The topological polar surface area (TPSA) is 47.4 Å². The van der Waals surface area contributed by atoms with Gasteiger partial charge in [0.1, 0.15) is 0 Å². The molecule has 2 amide bonds. The average molecular weight is 364 g/mol. The maximum absolute atomic E-state index is 12.8. The van der Waals surface area contributed by atoms with Gasteiger partial charge in [0.15, 0.2) is 10.8 Å². The highest BCUT2D eigenvalue weighted by atomic mass is 35.5. The molecule has 0 radical (unpaired) electrons. The van der Waals surface area contributed by atoms with Gasteiger partial charge in [0, 0.05) is 10.0 Å². The fourth-order valence-corrected chi connectivity index (χ4v) is 3.10. The molecule has 0 spiro atoms. The number of nitrogens with zero attached hydrogens (tertiary/aromatic N) is 2. The summed E-state index contributed by atoms with van der Waals surface area (Å²) in [6, 6.07) is 11.6. The number of hydrogen-bond donors (Lipinski definition) is 1. The van der Waals surface area contributed by atoms with Crippen LogP contribution in [0.4, 0.5) is 16.2 Å². The highest BCUT2D eigenvalue weighted by Crippen LogP contribution is 2.31. The summed E-state index contributed by atoms with van der Waals surface area (Å²) in [5.74, 6) is -0.0510. The van der Waals surface area contributed by atoms with Crippen LogP contribution in [0, 0.1) is 12.3 Å².